The largest absolute Gasteiger partial charge is 0.495 e. The lowest BCUT2D eigenvalue weighted by Crippen LogP contribution is -2.36. The van der Waals surface area contributed by atoms with E-state index in [2.05, 4.69) is 20.2 Å². The van der Waals surface area contributed by atoms with Crippen LogP contribution in [0.2, 0.25) is 0 Å². The van der Waals surface area contributed by atoms with Crippen LogP contribution in [0.4, 0.5) is 17.5 Å². The number of morpholine rings is 1. The molecule has 1 aromatic carbocycles. The van der Waals surface area contributed by atoms with E-state index >= 15 is 0 Å². The third-order valence-corrected chi connectivity index (χ3v) is 5.49. The molecule has 0 radical (unpaired) electrons. The van der Waals surface area contributed by atoms with Gasteiger partial charge in [-0.25, -0.2) is 19.7 Å². The van der Waals surface area contributed by atoms with Gasteiger partial charge in [-0.05, 0) is 24.3 Å². The topological polar surface area (TPSA) is 114 Å². The number of aromatic nitrogens is 4. The third kappa shape index (κ3) is 4.03. The number of aromatic carboxylic acids is 1. The van der Waals surface area contributed by atoms with Crippen molar-refractivity contribution < 1.29 is 19.4 Å². The first-order valence-corrected chi connectivity index (χ1v) is 10.4. The summed E-state index contributed by atoms with van der Waals surface area (Å²) >= 11 is 0. The molecule has 4 heterocycles. The number of hydrogen-bond donors (Lipinski definition) is 2. The molecule has 0 bridgehead atoms. The summed E-state index contributed by atoms with van der Waals surface area (Å²) < 4.78 is 12.9. The molecule has 0 atom stereocenters. The van der Waals surface area contributed by atoms with Crippen LogP contribution >= 0.6 is 0 Å². The quantitative estimate of drug-likeness (QED) is 0.461. The van der Waals surface area contributed by atoms with Crippen LogP contribution in [0, 0.1) is 0 Å². The number of ether oxygens (including phenoxy) is 2. The number of imidazole rings is 1. The number of carbonyl (C=O) groups is 1. The molecule has 10 heteroatoms. The second-order valence-corrected chi connectivity index (χ2v) is 7.44. The summed E-state index contributed by atoms with van der Waals surface area (Å²) in [6, 6.07) is 10.9. The number of fused-ring (bicyclic) bond motifs is 1. The molecule has 0 spiro atoms. The molecule has 0 unspecified atom stereocenters. The Bertz CT molecular complexity index is 1320. The number of nitrogens with one attached hydrogen (secondary N) is 1. The van der Waals surface area contributed by atoms with E-state index in [1.54, 1.807) is 30.0 Å². The van der Waals surface area contributed by atoms with Crippen molar-refractivity contribution in [2.45, 2.75) is 0 Å². The van der Waals surface area contributed by atoms with E-state index in [1.165, 1.54) is 12.3 Å². The first kappa shape index (κ1) is 20.7. The highest BCUT2D eigenvalue weighted by molar-refractivity contribution is 5.93. The first-order chi connectivity index (χ1) is 16.1. The zero-order chi connectivity index (χ0) is 22.8. The minimum absolute atomic E-state index is 0.0505. The Labute approximate surface area is 189 Å². The van der Waals surface area contributed by atoms with Crippen molar-refractivity contribution in [3.63, 3.8) is 0 Å². The number of methoxy groups -OCH3 is 1. The van der Waals surface area contributed by atoms with Crippen LogP contribution in [0.25, 0.3) is 16.9 Å². The fourth-order valence-electron chi connectivity index (χ4n) is 3.85. The van der Waals surface area contributed by atoms with Gasteiger partial charge < -0.3 is 24.8 Å². The molecule has 2 N–H and O–H groups in total. The van der Waals surface area contributed by atoms with Crippen molar-refractivity contribution >= 4 is 29.1 Å². The van der Waals surface area contributed by atoms with E-state index in [0.717, 1.165) is 30.1 Å². The fraction of sp³-hybridized carbons (Fsp3) is 0.217. The highest BCUT2D eigenvalue weighted by Gasteiger charge is 2.18. The number of carboxylic acids is 1. The number of hydrogen-bond acceptors (Lipinski definition) is 8. The van der Waals surface area contributed by atoms with Crippen molar-refractivity contribution in [2.24, 2.45) is 0 Å². The van der Waals surface area contributed by atoms with Gasteiger partial charge in [0, 0.05) is 43.3 Å². The molecule has 4 aromatic rings. The van der Waals surface area contributed by atoms with Gasteiger partial charge in [0.1, 0.15) is 22.8 Å². The van der Waals surface area contributed by atoms with E-state index in [4.69, 9.17) is 14.5 Å². The molecule has 33 heavy (non-hydrogen) atoms. The molecule has 0 saturated carbocycles. The molecule has 1 aliphatic rings. The van der Waals surface area contributed by atoms with Crippen LogP contribution < -0.4 is 15.0 Å². The van der Waals surface area contributed by atoms with Crippen LogP contribution in [-0.2, 0) is 4.74 Å². The van der Waals surface area contributed by atoms with Gasteiger partial charge in [-0.1, -0.05) is 6.07 Å². The molecule has 0 aliphatic carbocycles. The van der Waals surface area contributed by atoms with Crippen LogP contribution in [0.15, 0.2) is 55.0 Å². The second kappa shape index (κ2) is 8.75. The van der Waals surface area contributed by atoms with E-state index in [-0.39, 0.29) is 11.4 Å². The molecule has 5 rings (SSSR count). The monoisotopic (exact) mass is 446 g/mol. The van der Waals surface area contributed by atoms with Gasteiger partial charge in [-0.2, -0.15) is 0 Å². The van der Waals surface area contributed by atoms with E-state index in [1.807, 2.05) is 24.3 Å². The highest BCUT2D eigenvalue weighted by Crippen LogP contribution is 2.34. The zero-order valence-corrected chi connectivity index (χ0v) is 17.9. The van der Waals surface area contributed by atoms with Crippen LogP contribution in [0.3, 0.4) is 0 Å². The molecule has 0 amide bonds. The zero-order valence-electron chi connectivity index (χ0n) is 17.9. The molecular formula is C23H22N6O4. The smallest absolute Gasteiger partial charge is 0.339 e. The molecule has 1 fully saturated rings. The fourth-order valence-corrected chi connectivity index (χ4v) is 3.85. The van der Waals surface area contributed by atoms with Crippen molar-refractivity contribution in [1.29, 1.82) is 0 Å². The molecule has 1 saturated heterocycles. The van der Waals surface area contributed by atoms with Gasteiger partial charge in [-0.3, -0.25) is 4.40 Å². The van der Waals surface area contributed by atoms with Crippen molar-refractivity contribution in [3.8, 4) is 17.0 Å². The normalized spacial score (nSPS) is 13.8. The van der Waals surface area contributed by atoms with Crippen molar-refractivity contribution in [3.05, 3.63) is 60.6 Å². The van der Waals surface area contributed by atoms with Crippen molar-refractivity contribution in [2.75, 3.05) is 43.6 Å². The number of anilines is 3. The Hall–Kier alpha value is -4.18. The predicted octanol–water partition coefficient (Wildman–Crippen LogP) is 3.08. The standard InChI is InChI=1S/C23H22N6O4/c1-32-19-13-15(4-5-18(19)28-9-11-33-12-10-28)17-14-20-24-7-8-29(20)23(26-17)27-21-16(22(30)31)3-2-6-25-21/h2-8,13-14H,9-12H2,1H3,(H,30,31)(H,25,26,27). The van der Waals surface area contributed by atoms with Gasteiger partial charge in [-0.15, -0.1) is 0 Å². The Morgan fingerprint density at radius 3 is 2.79 bits per heavy atom. The summed E-state index contributed by atoms with van der Waals surface area (Å²) in [7, 11) is 1.65. The van der Waals surface area contributed by atoms with Gasteiger partial charge in [0.15, 0.2) is 0 Å². The summed E-state index contributed by atoms with van der Waals surface area (Å²) in [4.78, 5) is 27.2. The van der Waals surface area contributed by atoms with Crippen LogP contribution in [-0.4, -0.2) is 63.8 Å². The summed E-state index contributed by atoms with van der Waals surface area (Å²) in [6.07, 6.45) is 4.93. The predicted molar refractivity (Wildman–Crippen MR) is 122 cm³/mol. The van der Waals surface area contributed by atoms with Gasteiger partial charge in [0.05, 0.1) is 31.7 Å². The maximum atomic E-state index is 11.6. The van der Waals surface area contributed by atoms with Crippen LogP contribution in [0.5, 0.6) is 5.75 Å². The summed E-state index contributed by atoms with van der Waals surface area (Å²) in [5.74, 6) is 0.265. The summed E-state index contributed by atoms with van der Waals surface area (Å²) in [5.41, 5.74) is 3.22. The number of benzene rings is 1. The lowest BCUT2D eigenvalue weighted by molar-refractivity contribution is 0.0697. The molecule has 3 aromatic heterocycles. The maximum Gasteiger partial charge on any atom is 0.339 e. The minimum atomic E-state index is -1.08. The maximum absolute atomic E-state index is 11.6. The molecule has 168 valence electrons. The van der Waals surface area contributed by atoms with E-state index in [9.17, 15) is 9.90 Å². The Morgan fingerprint density at radius 2 is 2.00 bits per heavy atom. The number of nitrogens with zero attached hydrogens (tertiary/aromatic N) is 5. The number of carboxylic acid groups (broad SMARTS) is 1. The number of rotatable bonds is 6. The average Bonchev–Trinajstić information content (AvgIpc) is 3.33. The van der Waals surface area contributed by atoms with Crippen molar-refractivity contribution in [1.82, 2.24) is 19.4 Å². The molecule has 10 nitrogen and oxygen atoms in total. The van der Waals surface area contributed by atoms with Gasteiger partial charge in [0.2, 0.25) is 5.95 Å². The van der Waals surface area contributed by atoms with Crippen LogP contribution in [0.1, 0.15) is 10.4 Å². The highest BCUT2D eigenvalue weighted by atomic mass is 16.5. The van der Waals surface area contributed by atoms with Gasteiger partial charge >= 0.3 is 5.97 Å². The average molecular weight is 446 g/mol. The summed E-state index contributed by atoms with van der Waals surface area (Å²) in [5, 5.41) is 12.5. The third-order valence-electron chi connectivity index (χ3n) is 5.49. The SMILES string of the molecule is COc1cc(-c2cc3nccn3c(Nc3ncccc3C(=O)O)n2)ccc1N1CCOCC1. The summed E-state index contributed by atoms with van der Waals surface area (Å²) in [6.45, 7) is 2.98. The number of pyridine rings is 1. The Kier molecular flexibility index (Phi) is 5.49. The van der Waals surface area contributed by atoms with E-state index < -0.39 is 5.97 Å². The second-order valence-electron chi connectivity index (χ2n) is 7.44. The Morgan fingerprint density at radius 1 is 1.15 bits per heavy atom. The van der Waals surface area contributed by atoms with Gasteiger partial charge in [0.25, 0.3) is 0 Å². The van der Waals surface area contributed by atoms with E-state index in [0.29, 0.717) is 30.5 Å². The molecular weight excluding hydrogens is 424 g/mol. The first-order valence-electron chi connectivity index (χ1n) is 10.4. The Balaban J connectivity index is 1.55. The lowest BCUT2D eigenvalue weighted by Gasteiger charge is -2.30. The lowest BCUT2D eigenvalue weighted by atomic mass is 10.1. The molecule has 1 aliphatic heterocycles. The minimum Gasteiger partial charge on any atom is -0.495 e.